The second-order valence-electron chi connectivity index (χ2n) is 5.01. The summed E-state index contributed by atoms with van der Waals surface area (Å²) >= 11 is 1.60. The minimum atomic E-state index is 0.485. The molecule has 0 bridgehead atoms. The number of tetrazole rings is 1. The van der Waals surface area contributed by atoms with Gasteiger partial charge in [0.25, 0.3) is 0 Å². The molecule has 2 aromatic rings. The highest BCUT2D eigenvalue weighted by Crippen LogP contribution is 2.38. The van der Waals surface area contributed by atoms with Crippen molar-refractivity contribution in [3.05, 3.63) is 11.3 Å². The maximum Gasteiger partial charge on any atom is 0.215 e. The van der Waals surface area contributed by atoms with Crippen LogP contribution in [0.5, 0.6) is 0 Å². The van der Waals surface area contributed by atoms with Gasteiger partial charge < -0.3 is 5.32 Å². The lowest BCUT2D eigenvalue weighted by Gasteiger charge is -2.06. The van der Waals surface area contributed by atoms with Crippen LogP contribution in [0.4, 0.5) is 0 Å². The summed E-state index contributed by atoms with van der Waals surface area (Å²) in [6, 6.07) is 0.485. The van der Waals surface area contributed by atoms with Crippen molar-refractivity contribution >= 4 is 11.8 Å². The predicted octanol–water partition coefficient (Wildman–Crippen LogP) is 1.31. The predicted molar refractivity (Wildman–Crippen MR) is 75.5 cm³/mol. The molecule has 7 nitrogen and oxygen atoms in total. The lowest BCUT2D eigenvalue weighted by molar-refractivity contribution is 0.564. The fraction of sp³-hybridized carbons (Fsp3) is 0.667. The fourth-order valence-electron chi connectivity index (χ4n) is 2.15. The van der Waals surface area contributed by atoms with Crippen LogP contribution in [0.25, 0.3) is 0 Å². The van der Waals surface area contributed by atoms with Crippen molar-refractivity contribution in [1.82, 2.24) is 35.3 Å². The van der Waals surface area contributed by atoms with Gasteiger partial charge in [0.2, 0.25) is 5.16 Å². The number of aromatic nitrogens is 6. The van der Waals surface area contributed by atoms with Crippen LogP contribution in [0.15, 0.2) is 10.2 Å². The molecule has 20 heavy (non-hydrogen) atoms. The molecule has 0 atom stereocenters. The van der Waals surface area contributed by atoms with E-state index in [0.717, 1.165) is 29.0 Å². The zero-order valence-electron chi connectivity index (χ0n) is 12.0. The SMILES string of the molecule is CCNCc1c(C)nn(C)c1Sc1nnnn1C1CC1. The third-order valence-corrected chi connectivity index (χ3v) is 4.54. The van der Waals surface area contributed by atoms with Gasteiger partial charge in [0.1, 0.15) is 5.03 Å². The second-order valence-corrected chi connectivity index (χ2v) is 5.97. The van der Waals surface area contributed by atoms with Crippen molar-refractivity contribution in [2.75, 3.05) is 6.54 Å². The smallest absolute Gasteiger partial charge is 0.215 e. The van der Waals surface area contributed by atoms with Gasteiger partial charge in [-0.1, -0.05) is 6.92 Å². The summed E-state index contributed by atoms with van der Waals surface area (Å²) in [6.45, 7) is 5.91. The first-order valence-corrected chi connectivity index (χ1v) is 7.71. The van der Waals surface area contributed by atoms with Gasteiger partial charge in [-0.2, -0.15) is 5.10 Å². The van der Waals surface area contributed by atoms with E-state index in [1.54, 1.807) is 11.8 Å². The monoisotopic (exact) mass is 293 g/mol. The van der Waals surface area contributed by atoms with Crippen LogP contribution in [0.2, 0.25) is 0 Å². The number of hydrogen-bond donors (Lipinski definition) is 1. The highest BCUT2D eigenvalue weighted by atomic mass is 32.2. The van der Waals surface area contributed by atoms with Gasteiger partial charge in [0.05, 0.1) is 11.7 Å². The Morgan fingerprint density at radius 3 is 2.90 bits per heavy atom. The zero-order valence-corrected chi connectivity index (χ0v) is 12.8. The molecule has 0 amide bonds. The maximum absolute atomic E-state index is 4.51. The molecule has 8 heteroatoms. The highest BCUT2D eigenvalue weighted by molar-refractivity contribution is 7.99. The van der Waals surface area contributed by atoms with E-state index in [-0.39, 0.29) is 0 Å². The summed E-state index contributed by atoms with van der Waals surface area (Å²) in [5.41, 5.74) is 2.28. The van der Waals surface area contributed by atoms with Crippen molar-refractivity contribution < 1.29 is 0 Å². The Morgan fingerprint density at radius 1 is 1.40 bits per heavy atom. The van der Waals surface area contributed by atoms with E-state index in [0.29, 0.717) is 6.04 Å². The molecule has 2 heterocycles. The largest absolute Gasteiger partial charge is 0.313 e. The van der Waals surface area contributed by atoms with Crippen molar-refractivity contribution in [2.24, 2.45) is 7.05 Å². The Kier molecular flexibility index (Phi) is 3.75. The minimum Gasteiger partial charge on any atom is -0.313 e. The second kappa shape index (κ2) is 5.53. The lowest BCUT2D eigenvalue weighted by atomic mass is 10.2. The summed E-state index contributed by atoms with van der Waals surface area (Å²) in [5.74, 6) is 0. The molecule has 0 radical (unpaired) electrons. The third kappa shape index (κ3) is 2.57. The molecular formula is C12H19N7S. The molecule has 1 fully saturated rings. The molecule has 0 aliphatic heterocycles. The number of hydrogen-bond acceptors (Lipinski definition) is 6. The molecule has 2 aromatic heterocycles. The Labute approximate surface area is 122 Å². The van der Waals surface area contributed by atoms with E-state index in [1.165, 1.54) is 18.4 Å². The van der Waals surface area contributed by atoms with Crippen molar-refractivity contribution in [3.8, 4) is 0 Å². The molecule has 1 saturated carbocycles. The van der Waals surface area contributed by atoms with Crippen LogP contribution in [-0.2, 0) is 13.6 Å². The molecule has 0 unspecified atom stereocenters. The lowest BCUT2D eigenvalue weighted by Crippen LogP contribution is -2.13. The molecule has 0 saturated heterocycles. The first-order chi connectivity index (χ1) is 9.70. The van der Waals surface area contributed by atoms with Gasteiger partial charge in [-0.25, -0.2) is 4.68 Å². The van der Waals surface area contributed by atoms with Gasteiger partial charge in [-0.15, -0.1) is 5.10 Å². The van der Waals surface area contributed by atoms with E-state index in [1.807, 2.05) is 23.3 Å². The van der Waals surface area contributed by atoms with E-state index in [2.05, 4.69) is 32.9 Å². The quantitative estimate of drug-likeness (QED) is 0.865. The average Bonchev–Trinajstić information content (AvgIpc) is 3.11. The van der Waals surface area contributed by atoms with Gasteiger partial charge in [-0.05, 0) is 48.5 Å². The number of nitrogens with zero attached hydrogens (tertiary/aromatic N) is 6. The Balaban J connectivity index is 1.87. The van der Waals surface area contributed by atoms with E-state index >= 15 is 0 Å². The van der Waals surface area contributed by atoms with Gasteiger partial charge >= 0.3 is 0 Å². The minimum absolute atomic E-state index is 0.485. The topological polar surface area (TPSA) is 73.5 Å². The maximum atomic E-state index is 4.51. The summed E-state index contributed by atoms with van der Waals surface area (Å²) in [6.07, 6.45) is 2.35. The van der Waals surface area contributed by atoms with Crippen LogP contribution >= 0.6 is 11.8 Å². The van der Waals surface area contributed by atoms with Gasteiger partial charge in [0.15, 0.2) is 0 Å². The molecule has 0 aromatic carbocycles. The van der Waals surface area contributed by atoms with E-state index < -0.39 is 0 Å². The molecule has 1 N–H and O–H groups in total. The van der Waals surface area contributed by atoms with Crippen LogP contribution < -0.4 is 5.32 Å². The normalized spacial score (nSPS) is 14.9. The van der Waals surface area contributed by atoms with Crippen LogP contribution in [-0.4, -0.2) is 36.5 Å². The number of rotatable bonds is 6. The molecule has 3 rings (SSSR count). The molecule has 0 spiro atoms. The summed E-state index contributed by atoms with van der Waals surface area (Å²) in [7, 11) is 1.97. The fourth-order valence-corrected chi connectivity index (χ4v) is 3.19. The standard InChI is InChI=1S/C12H19N7S/c1-4-13-7-10-8(2)15-18(3)11(10)20-12-14-16-17-19(12)9-5-6-9/h9,13H,4-7H2,1-3H3. The van der Waals surface area contributed by atoms with Gasteiger partial charge in [0, 0.05) is 19.2 Å². The van der Waals surface area contributed by atoms with Crippen molar-refractivity contribution in [3.63, 3.8) is 0 Å². The van der Waals surface area contributed by atoms with Crippen molar-refractivity contribution in [2.45, 2.75) is 49.5 Å². The zero-order chi connectivity index (χ0) is 14.1. The van der Waals surface area contributed by atoms with Crippen LogP contribution in [0.3, 0.4) is 0 Å². The average molecular weight is 293 g/mol. The first kappa shape index (κ1) is 13.6. The van der Waals surface area contributed by atoms with E-state index in [9.17, 15) is 0 Å². The van der Waals surface area contributed by atoms with E-state index in [4.69, 9.17) is 0 Å². The molecule has 108 valence electrons. The Morgan fingerprint density at radius 2 is 2.20 bits per heavy atom. The highest BCUT2D eigenvalue weighted by Gasteiger charge is 2.29. The molecular weight excluding hydrogens is 274 g/mol. The molecule has 1 aliphatic rings. The van der Waals surface area contributed by atoms with Crippen LogP contribution in [0, 0.1) is 6.92 Å². The Bertz CT molecular complexity index is 599. The van der Waals surface area contributed by atoms with Crippen LogP contribution in [0.1, 0.15) is 37.1 Å². The molecule has 1 aliphatic carbocycles. The number of aryl methyl sites for hydroxylation is 2. The summed E-state index contributed by atoms with van der Waals surface area (Å²) in [4.78, 5) is 0. The number of nitrogens with one attached hydrogen (secondary N) is 1. The van der Waals surface area contributed by atoms with Crippen molar-refractivity contribution in [1.29, 1.82) is 0 Å². The summed E-state index contributed by atoms with van der Waals surface area (Å²) < 4.78 is 3.85. The Hall–Kier alpha value is -1.41. The first-order valence-electron chi connectivity index (χ1n) is 6.89. The summed E-state index contributed by atoms with van der Waals surface area (Å²) in [5, 5.41) is 21.9. The third-order valence-electron chi connectivity index (χ3n) is 3.38. The van der Waals surface area contributed by atoms with Gasteiger partial charge in [-0.3, -0.25) is 4.68 Å².